The number of benzene rings is 1. The van der Waals surface area contributed by atoms with E-state index in [1.807, 2.05) is 18.2 Å². The molecule has 0 aliphatic rings. The van der Waals surface area contributed by atoms with E-state index in [1.165, 1.54) is 14.0 Å². The lowest BCUT2D eigenvalue weighted by atomic mass is 10.1. The van der Waals surface area contributed by atoms with Crippen molar-refractivity contribution in [3.8, 4) is 11.5 Å². The van der Waals surface area contributed by atoms with Crippen LogP contribution in [-0.2, 0) is 20.7 Å². The largest absolute Gasteiger partial charge is 0.493 e. The highest BCUT2D eigenvalue weighted by molar-refractivity contribution is 5.76. The van der Waals surface area contributed by atoms with E-state index in [0.29, 0.717) is 31.0 Å². The molecule has 128 valence electrons. The molecule has 6 nitrogen and oxygen atoms in total. The number of rotatable bonds is 8. The predicted molar refractivity (Wildman–Crippen MR) is 86.7 cm³/mol. The molecule has 0 heterocycles. The van der Waals surface area contributed by atoms with Crippen LogP contribution in [0.1, 0.15) is 19.4 Å². The van der Waals surface area contributed by atoms with Crippen LogP contribution in [0, 0.1) is 5.92 Å². The maximum absolute atomic E-state index is 11.8. The summed E-state index contributed by atoms with van der Waals surface area (Å²) >= 11 is 0. The number of methoxy groups -OCH3 is 3. The third-order valence-electron chi connectivity index (χ3n) is 3.66. The molecule has 0 fully saturated rings. The van der Waals surface area contributed by atoms with Crippen molar-refractivity contribution in [2.45, 2.75) is 20.3 Å². The molecule has 23 heavy (non-hydrogen) atoms. The zero-order valence-electron chi connectivity index (χ0n) is 14.4. The molecule has 1 atom stereocenters. The molecule has 1 amide bonds. The van der Waals surface area contributed by atoms with Gasteiger partial charge in [-0.3, -0.25) is 9.59 Å². The van der Waals surface area contributed by atoms with Gasteiger partial charge in [-0.05, 0) is 24.1 Å². The fourth-order valence-corrected chi connectivity index (χ4v) is 2.28. The molecule has 1 unspecified atom stereocenters. The Bertz CT molecular complexity index is 544. The number of amides is 1. The first-order chi connectivity index (χ1) is 10.9. The van der Waals surface area contributed by atoms with Gasteiger partial charge in [-0.25, -0.2) is 0 Å². The van der Waals surface area contributed by atoms with E-state index in [4.69, 9.17) is 14.2 Å². The van der Waals surface area contributed by atoms with Crippen molar-refractivity contribution in [1.29, 1.82) is 0 Å². The summed E-state index contributed by atoms with van der Waals surface area (Å²) in [6, 6.07) is 5.66. The third kappa shape index (κ3) is 5.47. The van der Waals surface area contributed by atoms with Gasteiger partial charge in [0.25, 0.3) is 0 Å². The summed E-state index contributed by atoms with van der Waals surface area (Å²) in [7, 11) is 4.52. The van der Waals surface area contributed by atoms with E-state index in [9.17, 15) is 9.59 Å². The Kier molecular flexibility index (Phi) is 7.38. The van der Waals surface area contributed by atoms with E-state index < -0.39 is 0 Å². The summed E-state index contributed by atoms with van der Waals surface area (Å²) in [6.07, 6.45) is 0.661. The average molecular weight is 323 g/mol. The molecular weight excluding hydrogens is 298 g/mol. The van der Waals surface area contributed by atoms with Crippen molar-refractivity contribution in [1.82, 2.24) is 4.90 Å². The summed E-state index contributed by atoms with van der Waals surface area (Å²) in [5, 5.41) is 0. The van der Waals surface area contributed by atoms with Crippen LogP contribution in [0.4, 0.5) is 0 Å². The van der Waals surface area contributed by atoms with Crippen molar-refractivity contribution in [3.63, 3.8) is 0 Å². The standard InChI is InChI=1S/C17H25NO5/c1-12(17(20)23-5)11-18(13(2)19)9-8-14-6-7-15(21-3)16(10-14)22-4/h6-7,10,12H,8-9,11H2,1-5H3. The SMILES string of the molecule is COC(=O)C(C)CN(CCc1ccc(OC)c(OC)c1)C(C)=O. The van der Waals surface area contributed by atoms with Crippen LogP contribution >= 0.6 is 0 Å². The first kappa shape index (κ1) is 18.8. The van der Waals surface area contributed by atoms with Crippen molar-refractivity contribution in [2.75, 3.05) is 34.4 Å². The quantitative estimate of drug-likeness (QED) is 0.684. The van der Waals surface area contributed by atoms with E-state index in [0.717, 1.165) is 5.56 Å². The highest BCUT2D eigenvalue weighted by Gasteiger charge is 2.19. The van der Waals surface area contributed by atoms with Gasteiger partial charge in [-0.2, -0.15) is 0 Å². The smallest absolute Gasteiger partial charge is 0.310 e. The van der Waals surface area contributed by atoms with Crippen LogP contribution in [0.25, 0.3) is 0 Å². The Morgan fingerprint density at radius 1 is 1.13 bits per heavy atom. The molecule has 0 aromatic heterocycles. The Balaban J connectivity index is 2.72. The van der Waals surface area contributed by atoms with Crippen molar-refractivity contribution in [2.24, 2.45) is 5.92 Å². The Hall–Kier alpha value is -2.24. The van der Waals surface area contributed by atoms with Gasteiger partial charge in [0.1, 0.15) is 0 Å². The highest BCUT2D eigenvalue weighted by Crippen LogP contribution is 2.27. The van der Waals surface area contributed by atoms with Gasteiger partial charge in [0.2, 0.25) is 5.91 Å². The number of hydrogen-bond donors (Lipinski definition) is 0. The molecule has 0 aliphatic heterocycles. The maximum atomic E-state index is 11.8. The van der Waals surface area contributed by atoms with Gasteiger partial charge in [0, 0.05) is 20.0 Å². The van der Waals surface area contributed by atoms with Crippen molar-refractivity contribution >= 4 is 11.9 Å². The first-order valence-corrected chi connectivity index (χ1v) is 7.47. The lowest BCUT2D eigenvalue weighted by Gasteiger charge is -2.24. The molecular formula is C17H25NO5. The molecule has 0 bridgehead atoms. The molecule has 0 N–H and O–H groups in total. The molecule has 1 aromatic carbocycles. The highest BCUT2D eigenvalue weighted by atomic mass is 16.5. The number of hydrogen-bond acceptors (Lipinski definition) is 5. The van der Waals surface area contributed by atoms with E-state index in [1.54, 1.807) is 26.0 Å². The van der Waals surface area contributed by atoms with E-state index >= 15 is 0 Å². The minimum absolute atomic E-state index is 0.0683. The minimum Gasteiger partial charge on any atom is -0.493 e. The minimum atomic E-state index is -0.352. The Morgan fingerprint density at radius 3 is 2.30 bits per heavy atom. The molecule has 0 saturated carbocycles. The van der Waals surface area contributed by atoms with Crippen molar-refractivity contribution in [3.05, 3.63) is 23.8 Å². The molecule has 1 aromatic rings. The third-order valence-corrected chi connectivity index (χ3v) is 3.66. The molecule has 1 rings (SSSR count). The number of esters is 1. The van der Waals surface area contributed by atoms with E-state index in [-0.39, 0.29) is 17.8 Å². The van der Waals surface area contributed by atoms with Crippen LogP contribution in [0.5, 0.6) is 11.5 Å². The molecule has 0 spiro atoms. The van der Waals surface area contributed by atoms with Gasteiger partial charge in [-0.1, -0.05) is 13.0 Å². The van der Waals surface area contributed by atoms with Crippen LogP contribution in [0.15, 0.2) is 18.2 Å². The van der Waals surface area contributed by atoms with Crippen LogP contribution in [0.3, 0.4) is 0 Å². The van der Waals surface area contributed by atoms with Crippen LogP contribution in [-0.4, -0.2) is 51.2 Å². The monoisotopic (exact) mass is 323 g/mol. The fraction of sp³-hybridized carbons (Fsp3) is 0.529. The number of ether oxygens (including phenoxy) is 3. The second-order valence-corrected chi connectivity index (χ2v) is 5.33. The number of carbonyl (C=O) groups is 2. The van der Waals surface area contributed by atoms with E-state index in [2.05, 4.69) is 0 Å². The Morgan fingerprint density at radius 2 is 1.78 bits per heavy atom. The second kappa shape index (κ2) is 9.02. The van der Waals surface area contributed by atoms with Gasteiger partial charge < -0.3 is 19.1 Å². The molecule has 0 aliphatic carbocycles. The van der Waals surface area contributed by atoms with Crippen LogP contribution < -0.4 is 9.47 Å². The predicted octanol–water partition coefficient (Wildman–Crippen LogP) is 1.90. The second-order valence-electron chi connectivity index (χ2n) is 5.33. The summed E-state index contributed by atoms with van der Waals surface area (Å²) in [6.45, 7) is 4.11. The van der Waals surface area contributed by atoms with Gasteiger partial charge in [0.05, 0.1) is 27.2 Å². The maximum Gasteiger partial charge on any atom is 0.310 e. The summed E-state index contributed by atoms with van der Waals surface area (Å²) in [5.41, 5.74) is 1.03. The van der Waals surface area contributed by atoms with Crippen molar-refractivity contribution < 1.29 is 23.8 Å². The molecule has 0 radical (unpaired) electrons. The first-order valence-electron chi connectivity index (χ1n) is 7.47. The average Bonchev–Trinajstić information content (AvgIpc) is 2.56. The summed E-state index contributed by atoms with van der Waals surface area (Å²) in [4.78, 5) is 24.9. The Labute approximate surface area is 137 Å². The summed E-state index contributed by atoms with van der Waals surface area (Å²) < 4.78 is 15.2. The van der Waals surface area contributed by atoms with Gasteiger partial charge in [0.15, 0.2) is 11.5 Å². The lowest BCUT2D eigenvalue weighted by molar-refractivity contribution is -0.146. The zero-order valence-corrected chi connectivity index (χ0v) is 14.4. The molecule has 6 heteroatoms. The lowest BCUT2D eigenvalue weighted by Crippen LogP contribution is -2.37. The number of nitrogens with zero attached hydrogens (tertiary/aromatic N) is 1. The normalized spacial score (nSPS) is 11.5. The fourth-order valence-electron chi connectivity index (χ4n) is 2.28. The topological polar surface area (TPSA) is 65.1 Å². The number of carbonyl (C=O) groups excluding carboxylic acids is 2. The van der Waals surface area contributed by atoms with Gasteiger partial charge in [-0.15, -0.1) is 0 Å². The summed E-state index contributed by atoms with van der Waals surface area (Å²) in [5.74, 6) is 0.583. The van der Waals surface area contributed by atoms with Gasteiger partial charge >= 0.3 is 5.97 Å². The molecule has 0 saturated heterocycles. The zero-order chi connectivity index (χ0) is 17.4. The van der Waals surface area contributed by atoms with Crippen LogP contribution in [0.2, 0.25) is 0 Å².